The molecule has 0 spiro atoms. The Hall–Kier alpha value is -1.22. The van der Waals surface area contributed by atoms with Crippen LogP contribution in [0.2, 0.25) is 0 Å². The van der Waals surface area contributed by atoms with Gasteiger partial charge >= 0.3 is 0 Å². The quantitative estimate of drug-likeness (QED) is 0.840. The van der Waals surface area contributed by atoms with Crippen LogP contribution in [0.1, 0.15) is 38.3 Å². The van der Waals surface area contributed by atoms with Gasteiger partial charge in [-0.3, -0.25) is 0 Å². The van der Waals surface area contributed by atoms with E-state index < -0.39 is 0 Å². The summed E-state index contributed by atoms with van der Waals surface area (Å²) in [5.41, 5.74) is 1.24. The standard InChI is InChI=1S/C15H23NO2/c1-5-11-8-13(11)16-10(2)12-6-7-14(17-3)15(9-12)18-4/h6-7,9-11,13,16H,5,8H2,1-4H3. The van der Waals surface area contributed by atoms with Crippen LogP contribution in [0.4, 0.5) is 0 Å². The normalized spacial score (nSPS) is 23.6. The summed E-state index contributed by atoms with van der Waals surface area (Å²) in [6, 6.07) is 7.17. The molecule has 3 unspecified atom stereocenters. The Labute approximate surface area is 109 Å². The Kier molecular flexibility index (Phi) is 4.12. The second-order valence-corrected chi connectivity index (χ2v) is 5.01. The summed E-state index contributed by atoms with van der Waals surface area (Å²) in [6.45, 7) is 4.46. The lowest BCUT2D eigenvalue weighted by molar-refractivity contribution is 0.354. The van der Waals surface area contributed by atoms with Crippen LogP contribution in [-0.4, -0.2) is 20.3 Å². The van der Waals surface area contributed by atoms with E-state index in [4.69, 9.17) is 9.47 Å². The fraction of sp³-hybridized carbons (Fsp3) is 0.600. The molecule has 1 aliphatic rings. The minimum absolute atomic E-state index is 0.353. The molecule has 3 nitrogen and oxygen atoms in total. The minimum Gasteiger partial charge on any atom is -0.493 e. The van der Waals surface area contributed by atoms with Crippen molar-refractivity contribution in [3.05, 3.63) is 23.8 Å². The van der Waals surface area contributed by atoms with Crippen LogP contribution in [0.15, 0.2) is 18.2 Å². The molecule has 0 amide bonds. The number of hydrogen-bond acceptors (Lipinski definition) is 3. The van der Waals surface area contributed by atoms with Crippen LogP contribution < -0.4 is 14.8 Å². The molecular weight excluding hydrogens is 226 g/mol. The van der Waals surface area contributed by atoms with Crippen molar-refractivity contribution in [2.45, 2.75) is 38.8 Å². The third kappa shape index (κ3) is 2.78. The number of ether oxygens (including phenoxy) is 2. The predicted molar refractivity (Wildman–Crippen MR) is 73.3 cm³/mol. The maximum Gasteiger partial charge on any atom is 0.161 e. The van der Waals surface area contributed by atoms with E-state index in [9.17, 15) is 0 Å². The van der Waals surface area contributed by atoms with Gasteiger partial charge in [0, 0.05) is 12.1 Å². The smallest absolute Gasteiger partial charge is 0.161 e. The van der Waals surface area contributed by atoms with Crippen LogP contribution in [-0.2, 0) is 0 Å². The van der Waals surface area contributed by atoms with E-state index in [-0.39, 0.29) is 0 Å². The average Bonchev–Trinajstić information content (AvgIpc) is 3.16. The highest BCUT2D eigenvalue weighted by atomic mass is 16.5. The molecule has 0 bridgehead atoms. The van der Waals surface area contributed by atoms with Gasteiger partial charge < -0.3 is 14.8 Å². The van der Waals surface area contributed by atoms with Crippen molar-refractivity contribution in [1.82, 2.24) is 5.32 Å². The zero-order valence-corrected chi connectivity index (χ0v) is 11.7. The second-order valence-electron chi connectivity index (χ2n) is 5.01. The molecule has 1 fully saturated rings. The summed E-state index contributed by atoms with van der Waals surface area (Å²) in [4.78, 5) is 0. The molecule has 2 rings (SSSR count). The van der Waals surface area contributed by atoms with Crippen molar-refractivity contribution in [2.75, 3.05) is 14.2 Å². The lowest BCUT2D eigenvalue weighted by Crippen LogP contribution is -2.22. The third-order valence-electron chi connectivity index (χ3n) is 3.82. The van der Waals surface area contributed by atoms with Crippen molar-refractivity contribution in [1.29, 1.82) is 0 Å². The average molecular weight is 249 g/mol. The highest BCUT2D eigenvalue weighted by Crippen LogP contribution is 2.36. The van der Waals surface area contributed by atoms with Gasteiger partial charge in [0.15, 0.2) is 11.5 Å². The van der Waals surface area contributed by atoms with Gasteiger partial charge in [0.25, 0.3) is 0 Å². The maximum absolute atomic E-state index is 5.34. The number of rotatable bonds is 6. The summed E-state index contributed by atoms with van der Waals surface area (Å²) in [6.07, 6.45) is 2.59. The molecule has 0 aromatic heterocycles. The second kappa shape index (κ2) is 5.61. The van der Waals surface area contributed by atoms with Crippen molar-refractivity contribution in [3.63, 3.8) is 0 Å². The highest BCUT2D eigenvalue weighted by Gasteiger charge is 2.35. The molecule has 0 radical (unpaired) electrons. The Bertz CT molecular complexity index is 405. The van der Waals surface area contributed by atoms with Gasteiger partial charge in [-0.05, 0) is 37.0 Å². The fourth-order valence-corrected chi connectivity index (χ4v) is 2.44. The first-order valence-electron chi connectivity index (χ1n) is 6.67. The Balaban J connectivity index is 2.03. The van der Waals surface area contributed by atoms with Gasteiger partial charge in [0.05, 0.1) is 14.2 Å². The molecule has 18 heavy (non-hydrogen) atoms. The molecular formula is C15H23NO2. The molecule has 100 valence electrons. The maximum atomic E-state index is 5.34. The number of hydrogen-bond donors (Lipinski definition) is 1. The van der Waals surface area contributed by atoms with E-state index in [1.54, 1.807) is 14.2 Å². The summed E-state index contributed by atoms with van der Waals surface area (Å²) in [7, 11) is 3.34. The van der Waals surface area contributed by atoms with Crippen molar-refractivity contribution < 1.29 is 9.47 Å². The fourth-order valence-electron chi connectivity index (χ4n) is 2.44. The van der Waals surface area contributed by atoms with Crippen LogP contribution in [0.5, 0.6) is 11.5 Å². The van der Waals surface area contributed by atoms with E-state index in [1.165, 1.54) is 18.4 Å². The van der Waals surface area contributed by atoms with Gasteiger partial charge in [-0.15, -0.1) is 0 Å². The van der Waals surface area contributed by atoms with Crippen molar-refractivity contribution in [3.8, 4) is 11.5 Å². The lowest BCUT2D eigenvalue weighted by Gasteiger charge is -2.16. The Morgan fingerprint density at radius 1 is 1.28 bits per heavy atom. The minimum atomic E-state index is 0.353. The Morgan fingerprint density at radius 2 is 2.00 bits per heavy atom. The topological polar surface area (TPSA) is 30.5 Å². The van der Waals surface area contributed by atoms with Gasteiger partial charge in [0.2, 0.25) is 0 Å². The van der Waals surface area contributed by atoms with E-state index in [0.29, 0.717) is 12.1 Å². The summed E-state index contributed by atoms with van der Waals surface area (Å²) in [5.74, 6) is 2.45. The van der Waals surface area contributed by atoms with Crippen molar-refractivity contribution in [2.24, 2.45) is 5.92 Å². The first-order valence-corrected chi connectivity index (χ1v) is 6.67. The first kappa shape index (κ1) is 13.2. The van der Waals surface area contributed by atoms with Crippen LogP contribution >= 0.6 is 0 Å². The van der Waals surface area contributed by atoms with Crippen LogP contribution in [0.25, 0.3) is 0 Å². The SMILES string of the molecule is CCC1CC1NC(C)c1ccc(OC)c(OC)c1. The molecule has 1 aromatic rings. The monoisotopic (exact) mass is 249 g/mol. The van der Waals surface area contributed by atoms with Crippen LogP contribution in [0, 0.1) is 5.92 Å². The summed E-state index contributed by atoms with van der Waals surface area (Å²) in [5, 5.41) is 3.66. The molecule has 1 N–H and O–H groups in total. The van der Waals surface area contributed by atoms with Gasteiger partial charge in [-0.2, -0.15) is 0 Å². The predicted octanol–water partition coefficient (Wildman–Crippen LogP) is 3.15. The molecule has 1 aliphatic carbocycles. The molecule has 1 aromatic carbocycles. The van der Waals surface area contributed by atoms with Gasteiger partial charge in [0.1, 0.15) is 0 Å². The molecule has 0 aliphatic heterocycles. The van der Waals surface area contributed by atoms with Crippen LogP contribution in [0.3, 0.4) is 0 Å². The van der Waals surface area contributed by atoms with Crippen molar-refractivity contribution >= 4 is 0 Å². The summed E-state index contributed by atoms with van der Waals surface area (Å²) >= 11 is 0. The van der Waals surface area contributed by atoms with E-state index in [1.807, 2.05) is 6.07 Å². The van der Waals surface area contributed by atoms with E-state index in [2.05, 4.69) is 31.3 Å². The molecule has 0 heterocycles. The molecule has 1 saturated carbocycles. The first-order chi connectivity index (χ1) is 8.69. The molecule has 3 atom stereocenters. The number of nitrogens with one attached hydrogen (secondary N) is 1. The Morgan fingerprint density at radius 3 is 2.56 bits per heavy atom. The third-order valence-corrected chi connectivity index (χ3v) is 3.82. The zero-order valence-electron chi connectivity index (χ0n) is 11.7. The highest BCUT2D eigenvalue weighted by molar-refractivity contribution is 5.43. The number of methoxy groups -OCH3 is 2. The van der Waals surface area contributed by atoms with E-state index in [0.717, 1.165) is 17.4 Å². The molecule has 3 heteroatoms. The van der Waals surface area contributed by atoms with E-state index >= 15 is 0 Å². The lowest BCUT2D eigenvalue weighted by atomic mass is 10.1. The molecule has 0 saturated heterocycles. The zero-order chi connectivity index (χ0) is 13.1. The van der Waals surface area contributed by atoms with Gasteiger partial charge in [-0.1, -0.05) is 19.4 Å². The largest absolute Gasteiger partial charge is 0.493 e. The number of benzene rings is 1. The summed E-state index contributed by atoms with van der Waals surface area (Å²) < 4.78 is 10.6. The van der Waals surface area contributed by atoms with Gasteiger partial charge in [-0.25, -0.2) is 0 Å².